The maximum Gasteiger partial charge on any atom is 0.495 e. The molecule has 0 N–H and O–H groups in total. The number of benzene rings is 1. The van der Waals surface area contributed by atoms with Crippen molar-refractivity contribution in [1.29, 1.82) is 0 Å². The van der Waals surface area contributed by atoms with Gasteiger partial charge >= 0.3 is 7.12 Å². The molecule has 0 bridgehead atoms. The summed E-state index contributed by atoms with van der Waals surface area (Å²) in [4.78, 5) is 1.85. The highest BCUT2D eigenvalue weighted by molar-refractivity contribution is 6.62. The van der Waals surface area contributed by atoms with Crippen LogP contribution in [0.4, 0.5) is 0 Å². The predicted molar refractivity (Wildman–Crippen MR) is 114 cm³/mol. The van der Waals surface area contributed by atoms with Crippen molar-refractivity contribution >= 4 is 28.4 Å². The van der Waals surface area contributed by atoms with Gasteiger partial charge in [0.15, 0.2) is 7.98 Å². The second kappa shape index (κ2) is 6.90. The van der Waals surface area contributed by atoms with E-state index in [1.165, 1.54) is 11.1 Å². The summed E-state index contributed by atoms with van der Waals surface area (Å²) in [6.45, 7) is 12.7. The number of rotatable bonds is 4. The lowest BCUT2D eigenvalue weighted by atomic mass is 9.64. The fourth-order valence-corrected chi connectivity index (χ4v) is 4.82. The number of ether oxygens (including phenoxy) is 1. The van der Waals surface area contributed by atoms with Crippen molar-refractivity contribution in [3.8, 4) is 0 Å². The van der Waals surface area contributed by atoms with Crippen LogP contribution in [0.25, 0.3) is 0 Å². The van der Waals surface area contributed by atoms with Crippen LogP contribution in [-0.4, -0.2) is 58.2 Å². The fourth-order valence-electron chi connectivity index (χ4n) is 4.82. The molecule has 3 aliphatic rings. The van der Waals surface area contributed by atoms with E-state index in [0.717, 1.165) is 31.4 Å². The Morgan fingerprint density at radius 3 is 2.54 bits per heavy atom. The van der Waals surface area contributed by atoms with Gasteiger partial charge in [0.1, 0.15) is 0 Å². The smallest absolute Gasteiger partial charge is 0.399 e. The normalized spacial score (nSPS) is 34.1. The quantitative estimate of drug-likeness (QED) is 0.755. The van der Waals surface area contributed by atoms with Crippen LogP contribution in [0, 0.1) is 12.8 Å². The standard InChI is InChI=1S/C21H30B3NO3/c1-14-15(12-26-17-9-16-11-25(23)13-21(16,22)10-17)7-6-8-18(14)24-27-19(2,3)20(4,5)28-24/h6-8,16-17H,9-13H2,1-5H3. The third-order valence-electron chi connectivity index (χ3n) is 7.39. The zero-order valence-corrected chi connectivity index (χ0v) is 17.8. The van der Waals surface area contributed by atoms with Crippen LogP contribution in [0.2, 0.25) is 5.31 Å². The van der Waals surface area contributed by atoms with Gasteiger partial charge in [0.2, 0.25) is 0 Å². The molecule has 0 spiro atoms. The minimum Gasteiger partial charge on any atom is -0.399 e. The van der Waals surface area contributed by atoms with Crippen LogP contribution in [0.3, 0.4) is 0 Å². The second-order valence-electron chi connectivity index (χ2n) is 9.95. The minimum absolute atomic E-state index is 0.195. The van der Waals surface area contributed by atoms with E-state index >= 15 is 0 Å². The molecule has 146 valence electrons. The molecule has 0 aromatic heterocycles. The molecule has 0 amide bonds. The molecule has 2 heterocycles. The lowest BCUT2D eigenvalue weighted by molar-refractivity contribution is 0.00578. The van der Waals surface area contributed by atoms with E-state index in [1.807, 2.05) is 4.81 Å². The summed E-state index contributed by atoms with van der Waals surface area (Å²) < 4.78 is 18.8. The first-order valence-corrected chi connectivity index (χ1v) is 10.3. The number of fused-ring (bicyclic) bond motifs is 1. The molecular weight excluding hydrogens is 347 g/mol. The van der Waals surface area contributed by atoms with Gasteiger partial charge in [-0.2, -0.15) is 0 Å². The van der Waals surface area contributed by atoms with Crippen LogP contribution < -0.4 is 5.46 Å². The SMILES string of the molecule is [B]N1CC2CC(OCc3cccc(B4OC(C)(C)C(C)(C)O4)c3C)CC2([B])C1. The maximum absolute atomic E-state index is 6.57. The second-order valence-corrected chi connectivity index (χ2v) is 9.95. The molecule has 4 radical (unpaired) electrons. The van der Waals surface area contributed by atoms with Gasteiger partial charge in [0.05, 0.1) is 31.8 Å². The highest BCUT2D eigenvalue weighted by atomic mass is 16.7. The Bertz CT molecular complexity index is 740. The van der Waals surface area contributed by atoms with Crippen molar-refractivity contribution in [3.05, 3.63) is 29.3 Å². The monoisotopic (exact) mass is 377 g/mol. The van der Waals surface area contributed by atoms with E-state index in [4.69, 9.17) is 29.9 Å². The zero-order valence-electron chi connectivity index (χ0n) is 17.8. The average Bonchev–Trinajstić information content (AvgIpc) is 3.09. The van der Waals surface area contributed by atoms with Crippen molar-refractivity contribution < 1.29 is 14.0 Å². The van der Waals surface area contributed by atoms with Crippen molar-refractivity contribution in [2.75, 3.05) is 13.1 Å². The molecule has 1 aromatic rings. The summed E-state index contributed by atoms with van der Waals surface area (Å²) >= 11 is 0. The summed E-state index contributed by atoms with van der Waals surface area (Å²) in [5.41, 5.74) is 2.75. The molecule has 4 nitrogen and oxygen atoms in total. The predicted octanol–water partition coefficient (Wildman–Crippen LogP) is 2.32. The molecule has 1 saturated carbocycles. The summed E-state index contributed by atoms with van der Waals surface area (Å²) in [5.74, 6) is 0.430. The number of hydrogen-bond acceptors (Lipinski definition) is 4. The van der Waals surface area contributed by atoms with Crippen molar-refractivity contribution in [2.45, 2.75) is 76.7 Å². The van der Waals surface area contributed by atoms with Gasteiger partial charge < -0.3 is 18.9 Å². The minimum atomic E-state index is -0.348. The van der Waals surface area contributed by atoms with E-state index in [-0.39, 0.29) is 29.7 Å². The molecule has 4 rings (SSSR count). The van der Waals surface area contributed by atoms with Gasteiger partial charge in [-0.25, -0.2) is 0 Å². The number of hydrogen-bond donors (Lipinski definition) is 0. The molecule has 2 saturated heterocycles. The molecule has 2 aliphatic heterocycles. The Morgan fingerprint density at radius 2 is 1.89 bits per heavy atom. The van der Waals surface area contributed by atoms with Gasteiger partial charge in [-0.05, 0) is 88.4 Å². The first kappa shape index (κ1) is 20.5. The van der Waals surface area contributed by atoms with Gasteiger partial charge in [0.25, 0.3) is 0 Å². The molecule has 1 aliphatic carbocycles. The van der Waals surface area contributed by atoms with Gasteiger partial charge in [0, 0.05) is 0 Å². The van der Waals surface area contributed by atoms with E-state index < -0.39 is 0 Å². The molecule has 28 heavy (non-hydrogen) atoms. The van der Waals surface area contributed by atoms with Gasteiger partial charge in [-0.15, -0.1) is 0 Å². The Balaban J connectivity index is 1.43. The van der Waals surface area contributed by atoms with E-state index in [9.17, 15) is 0 Å². The summed E-state index contributed by atoms with van der Waals surface area (Å²) in [5, 5.41) is -0.195. The van der Waals surface area contributed by atoms with Crippen LogP contribution >= 0.6 is 0 Å². The maximum atomic E-state index is 6.57. The van der Waals surface area contributed by atoms with E-state index in [1.54, 1.807) is 0 Å². The Morgan fingerprint density at radius 1 is 1.21 bits per heavy atom. The van der Waals surface area contributed by atoms with E-state index in [0.29, 0.717) is 12.5 Å². The van der Waals surface area contributed by atoms with Gasteiger partial charge in [-0.3, -0.25) is 0 Å². The summed E-state index contributed by atoms with van der Waals surface area (Å²) in [7, 11) is 12.2. The fraction of sp³-hybridized carbons (Fsp3) is 0.714. The van der Waals surface area contributed by atoms with Crippen molar-refractivity contribution in [2.24, 2.45) is 5.92 Å². The third kappa shape index (κ3) is 3.49. The first-order chi connectivity index (χ1) is 13.0. The lowest BCUT2D eigenvalue weighted by Crippen LogP contribution is -2.41. The topological polar surface area (TPSA) is 30.9 Å². The highest BCUT2D eigenvalue weighted by Crippen LogP contribution is 2.52. The van der Waals surface area contributed by atoms with Crippen molar-refractivity contribution in [3.63, 3.8) is 0 Å². The zero-order chi connectivity index (χ0) is 20.3. The van der Waals surface area contributed by atoms with Crippen LogP contribution in [0.5, 0.6) is 0 Å². The third-order valence-corrected chi connectivity index (χ3v) is 7.39. The van der Waals surface area contributed by atoms with Crippen molar-refractivity contribution in [1.82, 2.24) is 4.81 Å². The molecular formula is C21H30B3NO3. The van der Waals surface area contributed by atoms with Crippen LogP contribution in [-0.2, 0) is 20.7 Å². The molecule has 1 aromatic carbocycles. The Hall–Kier alpha value is -0.745. The summed E-state index contributed by atoms with van der Waals surface area (Å²) in [6.07, 6.45) is 2.06. The Labute approximate surface area is 172 Å². The molecule has 3 unspecified atom stereocenters. The van der Waals surface area contributed by atoms with E-state index in [2.05, 4.69) is 52.8 Å². The van der Waals surface area contributed by atoms with Gasteiger partial charge in [-0.1, -0.05) is 18.2 Å². The largest absolute Gasteiger partial charge is 0.495 e. The highest BCUT2D eigenvalue weighted by Gasteiger charge is 2.52. The van der Waals surface area contributed by atoms with Crippen LogP contribution in [0.15, 0.2) is 18.2 Å². The lowest BCUT2D eigenvalue weighted by Gasteiger charge is -2.32. The Kier molecular flexibility index (Phi) is 5.06. The molecule has 3 fully saturated rings. The summed E-state index contributed by atoms with van der Waals surface area (Å²) in [6, 6.07) is 6.28. The average molecular weight is 377 g/mol. The van der Waals surface area contributed by atoms with Crippen LogP contribution in [0.1, 0.15) is 51.7 Å². The first-order valence-electron chi connectivity index (χ1n) is 10.3. The number of nitrogens with zero attached hydrogens (tertiary/aromatic N) is 1. The molecule has 3 atom stereocenters. The molecule has 7 heteroatoms.